The third-order valence-corrected chi connectivity index (χ3v) is 7.88. The van der Waals surface area contributed by atoms with Crippen molar-refractivity contribution in [1.82, 2.24) is 24.8 Å². The zero-order chi connectivity index (χ0) is 23.7. The lowest BCUT2D eigenvalue weighted by Crippen LogP contribution is -2.28. The number of aryl methyl sites for hydroxylation is 1. The molecule has 2 aliphatic rings. The lowest BCUT2D eigenvalue weighted by Gasteiger charge is -2.18. The molecule has 0 spiro atoms. The zero-order valence-electron chi connectivity index (χ0n) is 19.0. The normalized spacial score (nSPS) is 18.3. The molecule has 5 heterocycles. The van der Waals surface area contributed by atoms with E-state index in [1.54, 1.807) is 29.9 Å². The summed E-state index contributed by atoms with van der Waals surface area (Å²) in [7, 11) is 1.77. The van der Waals surface area contributed by atoms with Crippen LogP contribution in [0.15, 0.2) is 40.2 Å². The van der Waals surface area contributed by atoms with Crippen LogP contribution in [0.4, 0.5) is 5.82 Å². The van der Waals surface area contributed by atoms with Crippen molar-refractivity contribution in [2.75, 3.05) is 37.2 Å². The van der Waals surface area contributed by atoms with Gasteiger partial charge in [0.25, 0.3) is 5.56 Å². The number of nitrogens with zero attached hydrogens (tertiary/aromatic N) is 4. The van der Waals surface area contributed by atoms with Crippen LogP contribution in [-0.2, 0) is 24.8 Å². The van der Waals surface area contributed by atoms with Crippen molar-refractivity contribution < 1.29 is 4.79 Å². The third-order valence-electron chi connectivity index (χ3n) is 6.50. The van der Waals surface area contributed by atoms with Crippen molar-refractivity contribution in [3.8, 4) is 0 Å². The number of hydrogen-bond donors (Lipinski definition) is 2. The minimum atomic E-state index is -0.0559. The van der Waals surface area contributed by atoms with E-state index in [9.17, 15) is 9.59 Å². The molecule has 0 radical (unpaired) electrons. The molecule has 0 saturated carbocycles. The second-order valence-electron chi connectivity index (χ2n) is 8.87. The first-order valence-electron chi connectivity index (χ1n) is 11.5. The SMILES string of the molecule is Cn1c(=O)ccc2ncc(Cl)c(CCN3CC[C@@H](CNCc4ccc5c(n4)NC(=O)CS5)C3)c21. The van der Waals surface area contributed by atoms with Gasteiger partial charge in [0.1, 0.15) is 5.82 Å². The molecule has 2 N–H and O–H groups in total. The molecule has 2 aliphatic heterocycles. The number of pyridine rings is 3. The minimum absolute atomic E-state index is 0.00410. The van der Waals surface area contributed by atoms with Gasteiger partial charge in [-0.25, -0.2) is 4.98 Å². The van der Waals surface area contributed by atoms with Crippen LogP contribution in [-0.4, -0.2) is 57.3 Å². The van der Waals surface area contributed by atoms with E-state index in [4.69, 9.17) is 11.6 Å². The molecular weight excluding hydrogens is 472 g/mol. The third kappa shape index (κ3) is 4.98. The molecule has 178 valence electrons. The molecule has 1 atom stereocenters. The maximum Gasteiger partial charge on any atom is 0.250 e. The Balaban J connectivity index is 1.14. The number of rotatable bonds is 7. The average Bonchev–Trinajstić information content (AvgIpc) is 3.28. The predicted molar refractivity (Wildman–Crippen MR) is 136 cm³/mol. The summed E-state index contributed by atoms with van der Waals surface area (Å²) in [5.74, 6) is 1.70. The highest BCUT2D eigenvalue weighted by molar-refractivity contribution is 8.00. The van der Waals surface area contributed by atoms with Crippen molar-refractivity contribution in [3.05, 3.63) is 57.1 Å². The smallest absolute Gasteiger partial charge is 0.250 e. The highest BCUT2D eigenvalue weighted by atomic mass is 35.5. The summed E-state index contributed by atoms with van der Waals surface area (Å²) in [5.41, 5.74) is 3.47. The molecule has 1 fully saturated rings. The van der Waals surface area contributed by atoms with Crippen LogP contribution in [0.1, 0.15) is 17.7 Å². The van der Waals surface area contributed by atoms with E-state index >= 15 is 0 Å². The summed E-state index contributed by atoms with van der Waals surface area (Å²) in [6.45, 7) is 4.56. The van der Waals surface area contributed by atoms with Crippen LogP contribution in [0.3, 0.4) is 0 Å². The Morgan fingerprint density at radius 2 is 2.15 bits per heavy atom. The molecule has 10 heteroatoms. The fourth-order valence-corrected chi connectivity index (χ4v) is 5.69. The number of likely N-dealkylation sites (tertiary alicyclic amines) is 1. The van der Waals surface area contributed by atoms with Crippen LogP contribution >= 0.6 is 23.4 Å². The fourth-order valence-electron chi connectivity index (χ4n) is 4.70. The Morgan fingerprint density at radius 3 is 3.03 bits per heavy atom. The van der Waals surface area contributed by atoms with Gasteiger partial charge in [-0.05, 0) is 55.6 Å². The summed E-state index contributed by atoms with van der Waals surface area (Å²) < 4.78 is 1.64. The van der Waals surface area contributed by atoms with Gasteiger partial charge in [-0.15, -0.1) is 11.8 Å². The number of fused-ring (bicyclic) bond motifs is 2. The van der Waals surface area contributed by atoms with Gasteiger partial charge in [0.05, 0.1) is 32.4 Å². The number of carbonyl (C=O) groups is 1. The predicted octanol–water partition coefficient (Wildman–Crippen LogP) is 2.68. The molecule has 34 heavy (non-hydrogen) atoms. The van der Waals surface area contributed by atoms with Gasteiger partial charge >= 0.3 is 0 Å². The van der Waals surface area contributed by atoms with E-state index in [2.05, 4.69) is 25.5 Å². The van der Waals surface area contributed by atoms with Crippen molar-refractivity contribution in [1.29, 1.82) is 0 Å². The van der Waals surface area contributed by atoms with E-state index in [1.807, 2.05) is 12.1 Å². The van der Waals surface area contributed by atoms with E-state index in [-0.39, 0.29) is 11.5 Å². The number of hydrogen-bond acceptors (Lipinski definition) is 7. The summed E-state index contributed by atoms with van der Waals surface area (Å²) >= 11 is 8.01. The summed E-state index contributed by atoms with van der Waals surface area (Å²) in [6, 6.07) is 7.36. The van der Waals surface area contributed by atoms with E-state index in [0.29, 0.717) is 29.1 Å². The Kier molecular flexibility index (Phi) is 6.87. The highest BCUT2D eigenvalue weighted by Gasteiger charge is 2.23. The number of nitrogens with one attached hydrogen (secondary N) is 2. The molecular formula is C24H27ClN6O2S. The van der Waals surface area contributed by atoms with Gasteiger partial charge in [-0.3, -0.25) is 14.6 Å². The maximum absolute atomic E-state index is 12.1. The van der Waals surface area contributed by atoms with Gasteiger partial charge in [-0.2, -0.15) is 0 Å². The molecule has 0 aromatic carbocycles. The topological polar surface area (TPSA) is 92.2 Å². The van der Waals surface area contributed by atoms with Crippen molar-refractivity contribution in [2.45, 2.75) is 24.3 Å². The molecule has 3 aromatic rings. The average molecular weight is 499 g/mol. The lowest BCUT2D eigenvalue weighted by atomic mass is 10.1. The number of anilines is 1. The number of thioether (sulfide) groups is 1. The first-order valence-corrected chi connectivity index (χ1v) is 12.8. The number of aromatic nitrogens is 3. The summed E-state index contributed by atoms with van der Waals surface area (Å²) in [6.07, 6.45) is 3.60. The highest BCUT2D eigenvalue weighted by Crippen LogP contribution is 2.29. The minimum Gasteiger partial charge on any atom is -0.311 e. The molecule has 0 bridgehead atoms. The molecule has 0 aliphatic carbocycles. The van der Waals surface area contributed by atoms with Crippen LogP contribution in [0.25, 0.3) is 11.0 Å². The van der Waals surface area contributed by atoms with Gasteiger partial charge in [0.2, 0.25) is 5.91 Å². The monoisotopic (exact) mass is 498 g/mol. The first-order chi connectivity index (χ1) is 16.5. The van der Waals surface area contributed by atoms with Crippen molar-refractivity contribution >= 4 is 46.1 Å². The van der Waals surface area contributed by atoms with E-state index in [1.165, 1.54) is 11.8 Å². The Hall–Kier alpha value is -2.46. The van der Waals surface area contributed by atoms with Crippen LogP contribution < -0.4 is 16.2 Å². The zero-order valence-corrected chi connectivity index (χ0v) is 20.6. The fraction of sp³-hybridized carbons (Fsp3) is 0.417. The molecule has 3 aromatic heterocycles. The quantitative estimate of drug-likeness (QED) is 0.517. The summed E-state index contributed by atoms with van der Waals surface area (Å²) in [4.78, 5) is 36.2. The van der Waals surface area contributed by atoms with Gasteiger partial charge in [-0.1, -0.05) is 11.6 Å². The Bertz CT molecular complexity index is 1300. The number of halogens is 1. The molecule has 5 rings (SSSR count). The van der Waals surface area contributed by atoms with Crippen LogP contribution in [0.2, 0.25) is 5.02 Å². The van der Waals surface area contributed by atoms with Crippen LogP contribution in [0.5, 0.6) is 0 Å². The van der Waals surface area contributed by atoms with E-state index < -0.39 is 0 Å². The maximum atomic E-state index is 12.1. The molecule has 1 amide bonds. The Labute approximate surface area is 207 Å². The van der Waals surface area contributed by atoms with Crippen LogP contribution in [0, 0.1) is 5.92 Å². The summed E-state index contributed by atoms with van der Waals surface area (Å²) in [5, 5.41) is 6.99. The van der Waals surface area contributed by atoms with E-state index in [0.717, 1.165) is 66.2 Å². The lowest BCUT2D eigenvalue weighted by molar-refractivity contribution is -0.113. The number of carbonyl (C=O) groups excluding carboxylic acids is 1. The van der Waals surface area contributed by atoms with Crippen molar-refractivity contribution in [3.63, 3.8) is 0 Å². The molecule has 1 saturated heterocycles. The van der Waals surface area contributed by atoms with Gasteiger partial charge < -0.3 is 20.1 Å². The van der Waals surface area contributed by atoms with Gasteiger partial charge in [0, 0.05) is 38.9 Å². The second-order valence-corrected chi connectivity index (χ2v) is 10.3. The van der Waals surface area contributed by atoms with Gasteiger partial charge in [0.15, 0.2) is 0 Å². The molecule has 0 unspecified atom stereocenters. The second kappa shape index (κ2) is 10.0. The van der Waals surface area contributed by atoms with Crippen molar-refractivity contribution in [2.24, 2.45) is 13.0 Å². The largest absolute Gasteiger partial charge is 0.311 e. The Morgan fingerprint density at radius 1 is 1.26 bits per heavy atom. The molecule has 8 nitrogen and oxygen atoms in total. The first kappa shape index (κ1) is 23.3. The standard InChI is InChI=1S/C24H27ClN6O2S/c1-30-22(33)5-3-19-23(30)17(18(25)12-27-19)7-9-31-8-6-15(13-31)10-26-11-16-2-4-20-24(28-16)29-21(32)14-34-20/h2-5,12,15,26H,6-11,13-14H2,1H3,(H,28,29,32)/t15-/m0/s1. The number of amides is 1.